The first-order valence-corrected chi connectivity index (χ1v) is 10.1. The Hall–Kier alpha value is -2.92. The van der Waals surface area contributed by atoms with Gasteiger partial charge in [-0.25, -0.2) is 9.89 Å². The SMILES string of the molecule is CN1C(=O)c2ccc(NC(=O)CSc3n[nH]c(=O)n3CC3CCCO3)cc2C1=O. The number of ether oxygens (including phenoxy) is 1. The number of aromatic nitrogens is 3. The summed E-state index contributed by atoms with van der Waals surface area (Å²) < 4.78 is 7.03. The lowest BCUT2D eigenvalue weighted by Gasteiger charge is -2.11. The topological polar surface area (TPSA) is 126 Å². The number of hydrogen-bond donors (Lipinski definition) is 2. The van der Waals surface area contributed by atoms with E-state index in [0.717, 1.165) is 29.5 Å². The van der Waals surface area contributed by atoms with Crippen molar-refractivity contribution in [1.29, 1.82) is 0 Å². The van der Waals surface area contributed by atoms with Gasteiger partial charge in [-0.15, -0.1) is 5.10 Å². The molecule has 1 unspecified atom stereocenters. The smallest absolute Gasteiger partial charge is 0.344 e. The Bertz CT molecular complexity index is 1040. The molecule has 152 valence electrons. The van der Waals surface area contributed by atoms with Gasteiger partial charge in [0, 0.05) is 19.3 Å². The molecule has 1 saturated heterocycles. The van der Waals surface area contributed by atoms with Crippen molar-refractivity contribution in [1.82, 2.24) is 19.7 Å². The second-order valence-electron chi connectivity index (χ2n) is 6.82. The van der Waals surface area contributed by atoms with E-state index >= 15 is 0 Å². The second kappa shape index (κ2) is 7.84. The standard InChI is InChI=1S/C18H19N5O5S/c1-22-15(25)12-5-4-10(7-13(12)16(22)26)19-14(24)9-29-18-21-20-17(27)23(18)8-11-3-2-6-28-11/h4-5,7,11H,2-3,6,8-9H2,1H3,(H,19,24)(H,20,27). The van der Waals surface area contributed by atoms with Crippen molar-refractivity contribution in [3.63, 3.8) is 0 Å². The van der Waals surface area contributed by atoms with Crippen LogP contribution in [0.3, 0.4) is 0 Å². The van der Waals surface area contributed by atoms with Crippen molar-refractivity contribution in [3.8, 4) is 0 Å². The molecule has 0 radical (unpaired) electrons. The van der Waals surface area contributed by atoms with Gasteiger partial charge in [0.15, 0.2) is 5.16 Å². The zero-order chi connectivity index (χ0) is 20.5. The Morgan fingerprint density at radius 2 is 2.10 bits per heavy atom. The van der Waals surface area contributed by atoms with Crippen LogP contribution < -0.4 is 11.0 Å². The highest BCUT2D eigenvalue weighted by Gasteiger charge is 2.32. The van der Waals surface area contributed by atoms with E-state index in [-0.39, 0.29) is 34.9 Å². The maximum absolute atomic E-state index is 12.3. The summed E-state index contributed by atoms with van der Waals surface area (Å²) in [6.45, 7) is 1.08. The zero-order valence-corrected chi connectivity index (χ0v) is 16.5. The number of hydrogen-bond acceptors (Lipinski definition) is 7. The number of aromatic amines is 1. The highest BCUT2D eigenvalue weighted by atomic mass is 32.2. The summed E-state index contributed by atoms with van der Waals surface area (Å²) in [6.07, 6.45) is 1.83. The number of thioether (sulfide) groups is 1. The van der Waals surface area contributed by atoms with E-state index in [0.29, 0.717) is 29.6 Å². The van der Waals surface area contributed by atoms with Crippen molar-refractivity contribution in [2.75, 3.05) is 24.7 Å². The van der Waals surface area contributed by atoms with E-state index in [4.69, 9.17) is 4.74 Å². The van der Waals surface area contributed by atoms with E-state index in [1.54, 1.807) is 6.07 Å². The number of carbonyl (C=O) groups excluding carboxylic acids is 3. The van der Waals surface area contributed by atoms with Crippen LogP contribution in [0.1, 0.15) is 33.6 Å². The van der Waals surface area contributed by atoms with Gasteiger partial charge in [-0.2, -0.15) is 0 Å². The third-order valence-electron chi connectivity index (χ3n) is 4.84. The summed E-state index contributed by atoms with van der Waals surface area (Å²) in [5, 5.41) is 9.49. The summed E-state index contributed by atoms with van der Waals surface area (Å²) in [7, 11) is 1.42. The summed E-state index contributed by atoms with van der Waals surface area (Å²) >= 11 is 1.13. The molecule has 2 N–H and O–H groups in total. The fourth-order valence-corrected chi connectivity index (χ4v) is 4.09. The van der Waals surface area contributed by atoms with Gasteiger partial charge in [0.2, 0.25) is 5.91 Å². The molecule has 0 bridgehead atoms. The first-order valence-electron chi connectivity index (χ1n) is 9.10. The quantitative estimate of drug-likeness (QED) is 0.523. The van der Waals surface area contributed by atoms with Crippen LogP contribution in [0.15, 0.2) is 28.2 Å². The Kier molecular flexibility index (Phi) is 5.24. The molecule has 2 aliphatic rings. The second-order valence-corrected chi connectivity index (χ2v) is 7.77. The van der Waals surface area contributed by atoms with E-state index in [1.807, 2.05) is 0 Å². The summed E-state index contributed by atoms with van der Waals surface area (Å²) in [6, 6.07) is 4.59. The van der Waals surface area contributed by atoms with Crippen LogP contribution >= 0.6 is 11.8 Å². The van der Waals surface area contributed by atoms with Crippen molar-refractivity contribution < 1.29 is 19.1 Å². The van der Waals surface area contributed by atoms with Gasteiger partial charge >= 0.3 is 5.69 Å². The highest BCUT2D eigenvalue weighted by Crippen LogP contribution is 2.25. The fourth-order valence-electron chi connectivity index (χ4n) is 3.33. The molecule has 0 saturated carbocycles. The minimum absolute atomic E-state index is 0.0248. The van der Waals surface area contributed by atoms with E-state index in [9.17, 15) is 19.2 Å². The number of nitrogens with one attached hydrogen (secondary N) is 2. The molecule has 1 atom stereocenters. The first kappa shape index (κ1) is 19.4. The number of anilines is 1. The van der Waals surface area contributed by atoms with Crippen LogP contribution in [0.5, 0.6) is 0 Å². The molecule has 2 aliphatic heterocycles. The maximum Gasteiger partial charge on any atom is 0.344 e. The number of amides is 3. The minimum Gasteiger partial charge on any atom is -0.376 e. The van der Waals surface area contributed by atoms with E-state index in [2.05, 4.69) is 15.5 Å². The summed E-state index contributed by atoms with van der Waals surface area (Å²) in [4.78, 5) is 49.3. The molecular weight excluding hydrogens is 398 g/mol. The van der Waals surface area contributed by atoms with Crippen LogP contribution in [0.2, 0.25) is 0 Å². The van der Waals surface area contributed by atoms with Crippen LogP contribution in [-0.4, -0.2) is 62.9 Å². The van der Waals surface area contributed by atoms with Crippen LogP contribution in [-0.2, 0) is 16.1 Å². The van der Waals surface area contributed by atoms with Crippen LogP contribution in [0.25, 0.3) is 0 Å². The number of H-pyrrole nitrogens is 1. The molecule has 2 aromatic rings. The normalized spacial score (nSPS) is 18.4. The van der Waals surface area contributed by atoms with Crippen molar-refractivity contribution in [2.24, 2.45) is 0 Å². The fraction of sp³-hybridized carbons (Fsp3) is 0.389. The van der Waals surface area contributed by atoms with Crippen molar-refractivity contribution in [2.45, 2.75) is 30.6 Å². The average molecular weight is 417 g/mol. The van der Waals surface area contributed by atoms with Gasteiger partial charge in [0.05, 0.1) is 29.5 Å². The lowest BCUT2D eigenvalue weighted by molar-refractivity contribution is -0.113. The Morgan fingerprint density at radius 1 is 1.31 bits per heavy atom. The van der Waals surface area contributed by atoms with Crippen molar-refractivity contribution in [3.05, 3.63) is 39.8 Å². The molecule has 3 amide bonds. The summed E-state index contributed by atoms with van der Waals surface area (Å²) in [5.74, 6) is -1.05. The van der Waals surface area contributed by atoms with Gasteiger partial charge in [-0.05, 0) is 31.0 Å². The van der Waals surface area contributed by atoms with E-state index < -0.39 is 5.91 Å². The highest BCUT2D eigenvalue weighted by molar-refractivity contribution is 7.99. The number of carbonyl (C=O) groups is 3. The number of fused-ring (bicyclic) bond motifs is 1. The Labute approximate surface area is 169 Å². The predicted molar refractivity (Wildman–Crippen MR) is 104 cm³/mol. The minimum atomic E-state index is -0.398. The zero-order valence-electron chi connectivity index (χ0n) is 15.6. The van der Waals surface area contributed by atoms with Crippen LogP contribution in [0.4, 0.5) is 5.69 Å². The van der Waals surface area contributed by atoms with Gasteiger partial charge in [-0.3, -0.25) is 23.9 Å². The number of rotatable bonds is 6. The molecule has 0 aliphatic carbocycles. The number of nitrogens with zero attached hydrogens (tertiary/aromatic N) is 3. The van der Waals surface area contributed by atoms with Crippen molar-refractivity contribution >= 4 is 35.2 Å². The third-order valence-corrected chi connectivity index (χ3v) is 5.82. The van der Waals surface area contributed by atoms with E-state index in [1.165, 1.54) is 23.7 Å². The van der Waals surface area contributed by atoms with Crippen LogP contribution in [0, 0.1) is 0 Å². The third kappa shape index (κ3) is 3.83. The lowest BCUT2D eigenvalue weighted by atomic mass is 10.1. The first-order chi connectivity index (χ1) is 13.9. The van der Waals surface area contributed by atoms with Gasteiger partial charge in [0.1, 0.15) is 0 Å². The summed E-state index contributed by atoms with van der Waals surface area (Å²) in [5.41, 5.74) is 0.666. The van der Waals surface area contributed by atoms with Gasteiger partial charge in [0.25, 0.3) is 11.8 Å². The molecular formula is C18H19N5O5S. The lowest BCUT2D eigenvalue weighted by Crippen LogP contribution is -2.25. The Balaban J connectivity index is 1.39. The average Bonchev–Trinajstić information content (AvgIpc) is 3.39. The molecule has 1 aromatic heterocycles. The molecule has 4 rings (SSSR count). The molecule has 29 heavy (non-hydrogen) atoms. The molecule has 1 aromatic carbocycles. The van der Waals surface area contributed by atoms with Gasteiger partial charge in [-0.1, -0.05) is 11.8 Å². The maximum atomic E-state index is 12.3. The number of imide groups is 1. The molecule has 1 fully saturated rings. The Morgan fingerprint density at radius 3 is 2.86 bits per heavy atom. The predicted octanol–water partition coefficient (Wildman–Crippen LogP) is 0.707. The monoisotopic (exact) mass is 417 g/mol. The molecule has 0 spiro atoms. The molecule has 3 heterocycles. The molecule has 11 heteroatoms. The van der Waals surface area contributed by atoms with Gasteiger partial charge < -0.3 is 10.1 Å². The largest absolute Gasteiger partial charge is 0.376 e. The molecule has 10 nitrogen and oxygen atoms in total. The number of benzene rings is 1.